The molecule has 0 amide bonds. The zero-order chi connectivity index (χ0) is 11.3. The van der Waals surface area contributed by atoms with Gasteiger partial charge in [-0.05, 0) is 19.7 Å². The topological polar surface area (TPSA) is 23.5 Å². The molecule has 0 saturated carbocycles. The molecule has 1 aromatic carbocycles. The molecule has 1 rings (SSSR count). The Morgan fingerprint density at radius 1 is 1.33 bits per heavy atom. The lowest BCUT2D eigenvalue weighted by Crippen LogP contribution is -2.36. The lowest BCUT2D eigenvalue weighted by Gasteiger charge is -2.29. The maximum atomic E-state index is 9.37. The Hall–Kier alpha value is -1.12. The molecule has 0 aliphatic heterocycles. The molecule has 2 heteroatoms. The van der Waals surface area contributed by atoms with E-state index in [1.165, 1.54) is 5.56 Å². The summed E-state index contributed by atoms with van der Waals surface area (Å²) in [6, 6.07) is 10.2. The average Bonchev–Trinajstić information content (AvgIpc) is 2.26. The molecule has 0 heterocycles. The minimum absolute atomic E-state index is 0.0879. The minimum Gasteiger partial charge on any atom is -0.395 e. The van der Waals surface area contributed by atoms with Crippen molar-refractivity contribution in [2.24, 2.45) is 0 Å². The molecule has 0 unspecified atom stereocenters. The van der Waals surface area contributed by atoms with Gasteiger partial charge in [0.2, 0.25) is 0 Å². The van der Waals surface area contributed by atoms with E-state index in [9.17, 15) is 5.11 Å². The minimum atomic E-state index is 0.0879. The lowest BCUT2D eigenvalue weighted by atomic mass is 9.91. The van der Waals surface area contributed by atoms with Crippen LogP contribution in [0.2, 0.25) is 0 Å². The van der Waals surface area contributed by atoms with Gasteiger partial charge in [-0.1, -0.05) is 36.4 Å². The SMILES string of the molecule is C=C[C@H](c1ccccc1)[C@@H](CO)N(C)C. The van der Waals surface area contributed by atoms with Gasteiger partial charge in [0.1, 0.15) is 0 Å². The number of aliphatic hydroxyl groups is 1. The number of rotatable bonds is 5. The van der Waals surface area contributed by atoms with E-state index in [0.29, 0.717) is 0 Å². The Kier molecular flexibility index (Phi) is 4.53. The molecule has 2 nitrogen and oxygen atoms in total. The van der Waals surface area contributed by atoms with Crippen molar-refractivity contribution in [3.63, 3.8) is 0 Å². The van der Waals surface area contributed by atoms with Crippen LogP contribution in [0.4, 0.5) is 0 Å². The van der Waals surface area contributed by atoms with Crippen LogP contribution in [0.3, 0.4) is 0 Å². The monoisotopic (exact) mass is 205 g/mol. The number of nitrogens with zero attached hydrogens (tertiary/aromatic N) is 1. The zero-order valence-electron chi connectivity index (χ0n) is 9.43. The number of benzene rings is 1. The maximum Gasteiger partial charge on any atom is 0.0595 e. The van der Waals surface area contributed by atoms with Gasteiger partial charge in [0.15, 0.2) is 0 Å². The number of likely N-dealkylation sites (N-methyl/N-ethyl adjacent to an activating group) is 1. The van der Waals surface area contributed by atoms with E-state index in [-0.39, 0.29) is 18.6 Å². The molecule has 0 aliphatic rings. The van der Waals surface area contributed by atoms with Crippen LogP contribution >= 0.6 is 0 Å². The summed E-state index contributed by atoms with van der Waals surface area (Å²) in [5.41, 5.74) is 1.19. The van der Waals surface area contributed by atoms with Gasteiger partial charge in [0.05, 0.1) is 6.61 Å². The Labute approximate surface area is 91.9 Å². The Bertz CT molecular complexity index is 295. The third-order valence-corrected chi connectivity index (χ3v) is 2.70. The first-order chi connectivity index (χ1) is 7.20. The van der Waals surface area contributed by atoms with E-state index in [1.807, 2.05) is 43.3 Å². The summed E-state index contributed by atoms with van der Waals surface area (Å²) in [5, 5.41) is 9.37. The molecule has 0 saturated heterocycles. The molecule has 1 aromatic rings. The fourth-order valence-electron chi connectivity index (χ4n) is 1.79. The highest BCUT2D eigenvalue weighted by Gasteiger charge is 2.21. The van der Waals surface area contributed by atoms with E-state index in [1.54, 1.807) is 0 Å². The number of hydrogen-bond donors (Lipinski definition) is 1. The van der Waals surface area contributed by atoms with Crippen LogP contribution in [0.1, 0.15) is 11.5 Å². The molecular weight excluding hydrogens is 186 g/mol. The molecular formula is C13H19NO. The van der Waals surface area contributed by atoms with Crippen LogP contribution in [-0.2, 0) is 0 Å². The summed E-state index contributed by atoms with van der Waals surface area (Å²) >= 11 is 0. The number of aliphatic hydroxyl groups excluding tert-OH is 1. The summed E-state index contributed by atoms with van der Waals surface area (Å²) in [5.74, 6) is 0.172. The van der Waals surface area contributed by atoms with E-state index < -0.39 is 0 Å². The third-order valence-electron chi connectivity index (χ3n) is 2.70. The summed E-state index contributed by atoms with van der Waals surface area (Å²) < 4.78 is 0. The van der Waals surface area contributed by atoms with Crippen molar-refractivity contribution >= 4 is 0 Å². The van der Waals surface area contributed by atoms with E-state index in [4.69, 9.17) is 0 Å². The largest absolute Gasteiger partial charge is 0.395 e. The summed E-state index contributed by atoms with van der Waals surface area (Å²) in [6.07, 6.45) is 1.90. The van der Waals surface area contributed by atoms with Gasteiger partial charge in [-0.15, -0.1) is 6.58 Å². The van der Waals surface area contributed by atoms with Crippen LogP contribution in [0, 0.1) is 0 Å². The van der Waals surface area contributed by atoms with Gasteiger partial charge in [0.25, 0.3) is 0 Å². The Morgan fingerprint density at radius 2 is 1.93 bits per heavy atom. The predicted octanol–water partition coefficient (Wildman–Crippen LogP) is 1.88. The van der Waals surface area contributed by atoms with Gasteiger partial charge >= 0.3 is 0 Å². The summed E-state index contributed by atoms with van der Waals surface area (Å²) in [7, 11) is 3.95. The van der Waals surface area contributed by atoms with E-state index in [0.717, 1.165) is 0 Å². The molecule has 0 fully saturated rings. The number of hydrogen-bond acceptors (Lipinski definition) is 2. The lowest BCUT2D eigenvalue weighted by molar-refractivity contribution is 0.158. The molecule has 82 valence electrons. The average molecular weight is 205 g/mol. The van der Waals surface area contributed by atoms with Gasteiger partial charge in [-0.2, -0.15) is 0 Å². The standard InChI is InChI=1S/C13H19NO/c1-4-12(13(10-15)14(2)3)11-8-6-5-7-9-11/h4-9,12-13,15H,1,10H2,2-3H3/t12-,13-/m1/s1. The normalized spacial score (nSPS) is 14.9. The van der Waals surface area contributed by atoms with Crippen molar-refractivity contribution in [3.05, 3.63) is 48.6 Å². The second-order valence-electron chi connectivity index (χ2n) is 3.89. The van der Waals surface area contributed by atoms with Crippen molar-refractivity contribution in [3.8, 4) is 0 Å². The van der Waals surface area contributed by atoms with Crippen LogP contribution < -0.4 is 0 Å². The van der Waals surface area contributed by atoms with Crippen molar-refractivity contribution in [1.82, 2.24) is 4.90 Å². The third kappa shape index (κ3) is 2.91. The van der Waals surface area contributed by atoms with Crippen LogP contribution in [-0.4, -0.2) is 36.8 Å². The first-order valence-electron chi connectivity index (χ1n) is 5.15. The highest BCUT2D eigenvalue weighted by molar-refractivity contribution is 5.25. The van der Waals surface area contributed by atoms with Crippen LogP contribution in [0.5, 0.6) is 0 Å². The van der Waals surface area contributed by atoms with E-state index in [2.05, 4.69) is 18.7 Å². The Balaban J connectivity index is 2.92. The van der Waals surface area contributed by atoms with Crippen molar-refractivity contribution in [2.75, 3.05) is 20.7 Å². The molecule has 0 bridgehead atoms. The first kappa shape index (κ1) is 12.0. The van der Waals surface area contributed by atoms with Gasteiger partial charge < -0.3 is 10.0 Å². The van der Waals surface area contributed by atoms with Crippen LogP contribution in [0.25, 0.3) is 0 Å². The molecule has 0 aromatic heterocycles. The first-order valence-corrected chi connectivity index (χ1v) is 5.15. The quantitative estimate of drug-likeness (QED) is 0.742. The van der Waals surface area contributed by atoms with Crippen LogP contribution in [0.15, 0.2) is 43.0 Å². The van der Waals surface area contributed by atoms with Crippen molar-refractivity contribution in [1.29, 1.82) is 0 Å². The fraction of sp³-hybridized carbons (Fsp3) is 0.385. The zero-order valence-corrected chi connectivity index (χ0v) is 9.43. The molecule has 0 radical (unpaired) electrons. The van der Waals surface area contributed by atoms with Gasteiger partial charge in [-0.25, -0.2) is 0 Å². The highest BCUT2D eigenvalue weighted by atomic mass is 16.3. The van der Waals surface area contributed by atoms with Crippen molar-refractivity contribution in [2.45, 2.75) is 12.0 Å². The maximum absolute atomic E-state index is 9.37. The molecule has 2 atom stereocenters. The predicted molar refractivity (Wildman–Crippen MR) is 63.9 cm³/mol. The fourth-order valence-corrected chi connectivity index (χ4v) is 1.79. The van der Waals surface area contributed by atoms with Gasteiger partial charge in [-0.3, -0.25) is 0 Å². The Morgan fingerprint density at radius 3 is 2.33 bits per heavy atom. The second-order valence-corrected chi connectivity index (χ2v) is 3.89. The second kappa shape index (κ2) is 5.69. The molecule has 15 heavy (non-hydrogen) atoms. The molecule has 0 aliphatic carbocycles. The molecule has 1 N–H and O–H groups in total. The summed E-state index contributed by atoms with van der Waals surface area (Å²) in [6.45, 7) is 3.99. The van der Waals surface area contributed by atoms with Gasteiger partial charge in [0, 0.05) is 12.0 Å². The van der Waals surface area contributed by atoms with E-state index >= 15 is 0 Å². The highest BCUT2D eigenvalue weighted by Crippen LogP contribution is 2.23. The van der Waals surface area contributed by atoms with Crippen molar-refractivity contribution < 1.29 is 5.11 Å². The summed E-state index contributed by atoms with van der Waals surface area (Å²) in [4.78, 5) is 2.03. The molecule has 0 spiro atoms. The smallest absolute Gasteiger partial charge is 0.0595 e.